The van der Waals surface area contributed by atoms with E-state index in [4.69, 9.17) is 4.98 Å². The van der Waals surface area contributed by atoms with Crippen LogP contribution in [0.3, 0.4) is 0 Å². The maximum Gasteiger partial charge on any atom is 0.243 e. The van der Waals surface area contributed by atoms with Crippen LogP contribution in [0.4, 0.5) is 0 Å². The molecule has 0 radical (unpaired) electrons. The van der Waals surface area contributed by atoms with Crippen molar-refractivity contribution in [1.82, 2.24) is 20.1 Å². The van der Waals surface area contributed by atoms with Crippen LogP contribution >= 0.6 is 11.3 Å². The molecule has 0 atom stereocenters. The molecule has 1 N–H and O–H groups in total. The van der Waals surface area contributed by atoms with Gasteiger partial charge in [0.05, 0.1) is 12.2 Å². The van der Waals surface area contributed by atoms with Gasteiger partial charge in [-0.3, -0.25) is 4.79 Å². The van der Waals surface area contributed by atoms with Gasteiger partial charge in [0.1, 0.15) is 11.6 Å². The highest BCUT2D eigenvalue weighted by Crippen LogP contribution is 2.27. The smallest absolute Gasteiger partial charge is 0.243 e. The quantitative estimate of drug-likeness (QED) is 0.584. The van der Waals surface area contributed by atoms with Crippen molar-refractivity contribution in [2.75, 3.05) is 34.2 Å². The predicted octanol–water partition coefficient (Wildman–Crippen LogP) is 3.07. The molecule has 1 fully saturated rings. The van der Waals surface area contributed by atoms with E-state index >= 15 is 0 Å². The van der Waals surface area contributed by atoms with Gasteiger partial charge in [-0.2, -0.15) is 0 Å². The lowest BCUT2D eigenvalue weighted by molar-refractivity contribution is -0.127. The molecule has 1 saturated carbocycles. The molecule has 2 aliphatic carbocycles. The minimum Gasteiger partial charge on any atom is -0.356 e. The van der Waals surface area contributed by atoms with E-state index in [1.165, 1.54) is 61.9 Å². The van der Waals surface area contributed by atoms with Crippen molar-refractivity contribution in [2.45, 2.75) is 64.3 Å². The zero-order chi connectivity index (χ0) is 19.9. The minimum atomic E-state index is 0.0232. The Labute approximate surface area is 173 Å². The number of carbonyl (C=O) groups excluding carboxylic acids is 1. The molecule has 6 nitrogen and oxygen atoms in total. The molecule has 3 rings (SSSR count). The molecule has 1 aromatic heterocycles. The highest BCUT2D eigenvalue weighted by atomic mass is 32.1. The van der Waals surface area contributed by atoms with Gasteiger partial charge in [-0.05, 0) is 44.4 Å². The summed E-state index contributed by atoms with van der Waals surface area (Å²) < 4.78 is 0. The van der Waals surface area contributed by atoms with Crippen LogP contribution in [0.5, 0.6) is 0 Å². The lowest BCUT2D eigenvalue weighted by atomic mass is 9.89. The normalized spacial score (nSPS) is 17.9. The fraction of sp³-hybridized carbons (Fsp3) is 0.762. The Morgan fingerprint density at radius 2 is 1.89 bits per heavy atom. The van der Waals surface area contributed by atoms with Crippen LogP contribution in [-0.2, 0) is 24.2 Å². The number of aromatic nitrogens is 1. The molecular weight excluding hydrogens is 370 g/mol. The zero-order valence-corrected chi connectivity index (χ0v) is 18.5. The second kappa shape index (κ2) is 10.2. The molecule has 0 spiro atoms. The van der Waals surface area contributed by atoms with Crippen LogP contribution in [-0.4, -0.2) is 60.9 Å². The Kier molecular flexibility index (Phi) is 7.71. The standard InChI is InChI=1S/C21H35N5OS/c1-25(2)20(27)14-23-21(22-13-16-9-5-4-6-10-16)26(3)15-19-24-17-11-7-8-12-18(17)28-19/h16H,4-15H2,1-3H3,(H,22,23). The number of hydrogen-bond donors (Lipinski definition) is 1. The van der Waals surface area contributed by atoms with Crippen molar-refractivity contribution in [3.63, 3.8) is 0 Å². The van der Waals surface area contributed by atoms with Crippen molar-refractivity contribution in [3.05, 3.63) is 15.6 Å². The fourth-order valence-electron chi connectivity index (χ4n) is 3.97. The zero-order valence-electron chi connectivity index (χ0n) is 17.7. The molecule has 0 aliphatic heterocycles. The van der Waals surface area contributed by atoms with Crippen LogP contribution in [0, 0.1) is 5.92 Å². The summed E-state index contributed by atoms with van der Waals surface area (Å²) in [5.41, 5.74) is 1.30. The van der Waals surface area contributed by atoms with E-state index < -0.39 is 0 Å². The van der Waals surface area contributed by atoms with Gasteiger partial charge in [-0.1, -0.05) is 19.3 Å². The van der Waals surface area contributed by atoms with Crippen molar-refractivity contribution in [3.8, 4) is 0 Å². The van der Waals surface area contributed by atoms with Gasteiger partial charge >= 0.3 is 0 Å². The number of fused-ring (bicyclic) bond motifs is 1. The number of aryl methyl sites for hydroxylation is 2. The molecule has 0 bridgehead atoms. The molecule has 1 aromatic rings. The molecule has 2 aliphatic rings. The predicted molar refractivity (Wildman–Crippen MR) is 116 cm³/mol. The Balaban J connectivity index is 1.64. The molecule has 7 heteroatoms. The van der Waals surface area contributed by atoms with Crippen LogP contribution in [0.25, 0.3) is 0 Å². The first-order chi connectivity index (χ1) is 13.5. The average molecular weight is 406 g/mol. The minimum absolute atomic E-state index is 0.0232. The lowest BCUT2D eigenvalue weighted by Crippen LogP contribution is -2.42. The first-order valence-electron chi connectivity index (χ1n) is 10.7. The molecule has 0 unspecified atom stereocenters. The van der Waals surface area contributed by atoms with E-state index in [2.05, 4.69) is 15.2 Å². The number of nitrogens with zero attached hydrogens (tertiary/aromatic N) is 4. The second-order valence-electron chi connectivity index (χ2n) is 8.35. The van der Waals surface area contributed by atoms with Crippen LogP contribution < -0.4 is 5.32 Å². The third kappa shape index (κ3) is 5.93. The summed E-state index contributed by atoms with van der Waals surface area (Å²) in [5, 5.41) is 4.70. The van der Waals surface area contributed by atoms with Crippen LogP contribution in [0.1, 0.15) is 60.5 Å². The highest BCUT2D eigenvalue weighted by molar-refractivity contribution is 7.11. The number of likely N-dealkylation sites (N-methyl/N-ethyl adjacent to an activating group) is 1. The maximum absolute atomic E-state index is 12.0. The van der Waals surface area contributed by atoms with E-state index in [0.29, 0.717) is 5.92 Å². The number of guanidine groups is 1. The van der Waals surface area contributed by atoms with E-state index in [9.17, 15) is 4.79 Å². The van der Waals surface area contributed by atoms with Crippen molar-refractivity contribution in [1.29, 1.82) is 0 Å². The first-order valence-corrected chi connectivity index (χ1v) is 11.5. The summed E-state index contributed by atoms with van der Waals surface area (Å²) in [6.07, 6.45) is 11.4. The van der Waals surface area contributed by atoms with Gasteiger partial charge in [-0.15, -0.1) is 11.3 Å². The fourth-order valence-corrected chi connectivity index (χ4v) is 5.18. The molecule has 0 saturated heterocycles. The summed E-state index contributed by atoms with van der Waals surface area (Å²) in [6.45, 7) is 1.86. The SMILES string of the molecule is CN(C)C(=O)CN=C(NCC1CCCCC1)N(C)Cc1nc2c(s1)CCCC2. The Hall–Kier alpha value is -1.63. The highest BCUT2D eigenvalue weighted by Gasteiger charge is 2.19. The molecule has 1 heterocycles. The topological polar surface area (TPSA) is 60.8 Å². The average Bonchev–Trinajstić information content (AvgIpc) is 3.10. The molecule has 1 amide bonds. The van der Waals surface area contributed by atoms with Gasteiger partial charge in [0.2, 0.25) is 5.91 Å². The van der Waals surface area contributed by atoms with Gasteiger partial charge < -0.3 is 15.1 Å². The number of aliphatic imine (C=N–C) groups is 1. The number of carbonyl (C=O) groups is 1. The van der Waals surface area contributed by atoms with Crippen molar-refractivity contribution in [2.24, 2.45) is 10.9 Å². The molecular formula is C21H35N5OS. The number of nitrogens with one attached hydrogen (secondary N) is 1. The van der Waals surface area contributed by atoms with E-state index in [1.54, 1.807) is 19.0 Å². The van der Waals surface area contributed by atoms with Gasteiger partial charge in [-0.25, -0.2) is 9.98 Å². The third-order valence-corrected chi connectivity index (χ3v) is 6.90. The van der Waals surface area contributed by atoms with Crippen LogP contribution in [0.15, 0.2) is 4.99 Å². The lowest BCUT2D eigenvalue weighted by Gasteiger charge is -2.26. The number of rotatable bonds is 6. The molecule has 156 valence electrons. The largest absolute Gasteiger partial charge is 0.356 e. The van der Waals surface area contributed by atoms with Gasteiger partial charge in [0, 0.05) is 32.6 Å². The van der Waals surface area contributed by atoms with Gasteiger partial charge in [0.15, 0.2) is 5.96 Å². The number of amides is 1. The summed E-state index contributed by atoms with van der Waals surface area (Å²) in [4.78, 5) is 26.7. The molecule has 28 heavy (non-hydrogen) atoms. The summed E-state index contributed by atoms with van der Waals surface area (Å²) in [6, 6.07) is 0. The number of thiazole rings is 1. The Morgan fingerprint density at radius 3 is 2.61 bits per heavy atom. The second-order valence-corrected chi connectivity index (χ2v) is 9.52. The van der Waals surface area contributed by atoms with E-state index in [1.807, 2.05) is 18.4 Å². The maximum atomic E-state index is 12.0. The molecule has 0 aromatic carbocycles. The van der Waals surface area contributed by atoms with Crippen LogP contribution in [0.2, 0.25) is 0 Å². The number of hydrogen-bond acceptors (Lipinski definition) is 4. The monoisotopic (exact) mass is 405 g/mol. The summed E-state index contributed by atoms with van der Waals surface area (Å²) in [5.74, 6) is 1.55. The van der Waals surface area contributed by atoms with E-state index in [-0.39, 0.29) is 12.5 Å². The summed E-state index contributed by atoms with van der Waals surface area (Å²) >= 11 is 1.85. The summed E-state index contributed by atoms with van der Waals surface area (Å²) in [7, 11) is 5.60. The van der Waals surface area contributed by atoms with Crippen molar-refractivity contribution >= 4 is 23.2 Å². The van der Waals surface area contributed by atoms with E-state index in [0.717, 1.165) is 30.5 Å². The van der Waals surface area contributed by atoms with Gasteiger partial charge in [0.25, 0.3) is 0 Å². The first kappa shape index (κ1) is 21.1. The Bertz CT molecular complexity index is 655. The third-order valence-electron chi connectivity index (χ3n) is 5.76. The van der Waals surface area contributed by atoms with Crippen molar-refractivity contribution < 1.29 is 4.79 Å². The Morgan fingerprint density at radius 1 is 1.14 bits per heavy atom.